The second-order valence-corrected chi connectivity index (χ2v) is 12.3. The number of benzene rings is 4. The van der Waals surface area contributed by atoms with Crippen molar-refractivity contribution in [3.8, 4) is 0 Å². The second-order valence-electron chi connectivity index (χ2n) is 12.3. The molecular weight excluding hydrogens is 819 g/mol. The van der Waals surface area contributed by atoms with Crippen LogP contribution in [-0.4, -0.2) is 64.2 Å². The van der Waals surface area contributed by atoms with E-state index in [-0.39, 0.29) is 16.8 Å². The molecule has 0 saturated carbocycles. The van der Waals surface area contributed by atoms with Gasteiger partial charge in [0.15, 0.2) is 0 Å². The second kappa shape index (κ2) is 23.3. The van der Waals surface area contributed by atoms with Gasteiger partial charge < -0.3 is 30.4 Å². The van der Waals surface area contributed by atoms with E-state index in [0.29, 0.717) is 22.3 Å². The summed E-state index contributed by atoms with van der Waals surface area (Å²) >= 11 is 0. The molecule has 0 fully saturated rings. The van der Waals surface area contributed by atoms with Gasteiger partial charge in [-0.15, -0.1) is 0 Å². The van der Waals surface area contributed by atoms with Gasteiger partial charge in [-0.2, -0.15) is 121 Å². The van der Waals surface area contributed by atoms with Gasteiger partial charge in [0.2, 0.25) is 0 Å². The van der Waals surface area contributed by atoms with Gasteiger partial charge in [-0.3, -0.25) is 0 Å². The fourth-order valence-electron chi connectivity index (χ4n) is 5.06. The normalized spacial score (nSPS) is 10.2. The van der Waals surface area contributed by atoms with Crippen LogP contribution in [0.4, 0.5) is 0 Å². The number of H-pyrrole nitrogens is 2. The molecule has 5 heterocycles. The van der Waals surface area contributed by atoms with E-state index in [1.54, 1.807) is 48.5 Å². The fraction of sp³-hybridized carbons (Fsp3) is 0. The molecule has 3 aromatic heterocycles. The number of fused-ring (bicyclic) bond motifs is 8. The van der Waals surface area contributed by atoms with Crippen molar-refractivity contribution in [2.45, 2.75) is 0 Å². The van der Waals surface area contributed by atoms with Crippen LogP contribution in [0.2, 0.25) is 0 Å². The summed E-state index contributed by atoms with van der Waals surface area (Å²) in [6.45, 7) is 0. The molecule has 4 aromatic carbocycles. The van der Waals surface area contributed by atoms with E-state index < -0.39 is 23.9 Å². The Morgan fingerprint density at radius 2 is 0.590 bits per heavy atom. The largest absolute Gasteiger partial charge is 0.479 e. The minimum atomic E-state index is -0.899. The van der Waals surface area contributed by atoms with Crippen molar-refractivity contribution >= 4 is 70.2 Å². The third-order valence-electron chi connectivity index (χ3n) is 7.90. The number of nitrogens with zero attached hydrogens (tertiary/aromatic N) is 2. The van der Waals surface area contributed by atoms with Crippen LogP contribution >= 0.6 is 0 Å². The first-order chi connectivity index (χ1) is 29.0. The van der Waals surface area contributed by atoms with Gasteiger partial charge in [-0.25, -0.2) is 29.1 Å². The Bertz CT molecular complexity index is 2480. The minimum absolute atomic E-state index is 0. The van der Waals surface area contributed by atoms with Crippen molar-refractivity contribution in [2.24, 2.45) is 0 Å². The van der Waals surface area contributed by atoms with Crippen molar-refractivity contribution < 1.29 is 56.4 Å². The summed E-state index contributed by atoms with van der Waals surface area (Å²) in [6.07, 6.45) is 8.05. The molecule has 13 heteroatoms. The zero-order chi connectivity index (χ0) is 42.7. The van der Waals surface area contributed by atoms with E-state index in [4.69, 9.17) is 20.4 Å². The maximum Gasteiger partial charge on any atom is 0.311 e. The standard InChI is InChI=1S/C20H14N4.4C7H5O2.Co/c1-2-14-10-16-5-6-18(23-16)12-20-8-7-19(24-20)11-17-4-3-15(22-17)9-13(1)21-14;4*8-7(9)6-4-2-1-3-5-6;/h1-12,21-22H;4*2-5H,(H,8,9);/q;4*-1;. The number of aromatic carboxylic acids is 4. The molecule has 0 saturated heterocycles. The zero-order valence-corrected chi connectivity index (χ0v) is 32.9. The number of aromatic nitrogens is 4. The van der Waals surface area contributed by atoms with Crippen LogP contribution in [0.3, 0.4) is 0 Å². The van der Waals surface area contributed by atoms with Crippen LogP contribution in [0.5, 0.6) is 0 Å². The third-order valence-corrected chi connectivity index (χ3v) is 7.90. The summed E-state index contributed by atoms with van der Waals surface area (Å²) in [5.74, 6) is -3.60. The van der Waals surface area contributed by atoms with Crippen LogP contribution in [0.25, 0.3) is 46.4 Å². The molecule has 2 aliphatic rings. The Labute approximate surface area is 360 Å². The number of aromatic amines is 2. The van der Waals surface area contributed by atoms with Gasteiger partial charge in [0.25, 0.3) is 0 Å². The Hall–Kier alpha value is -8.13. The number of hydrogen-bond acceptors (Lipinski definition) is 6. The molecule has 0 atom stereocenters. The molecule has 61 heavy (non-hydrogen) atoms. The van der Waals surface area contributed by atoms with E-state index in [2.05, 4.69) is 74.5 Å². The molecule has 9 rings (SSSR count). The van der Waals surface area contributed by atoms with Gasteiger partial charge in [0.05, 0.1) is 22.8 Å². The number of hydrogen-bond donors (Lipinski definition) is 6. The van der Waals surface area contributed by atoms with Crippen molar-refractivity contribution in [1.29, 1.82) is 0 Å². The summed E-state index contributed by atoms with van der Waals surface area (Å²) in [7, 11) is 0. The third kappa shape index (κ3) is 15.3. The van der Waals surface area contributed by atoms with Gasteiger partial charge in [0.1, 0.15) is 0 Å². The van der Waals surface area contributed by atoms with Crippen molar-refractivity contribution in [1.82, 2.24) is 19.9 Å². The van der Waals surface area contributed by atoms with Crippen molar-refractivity contribution in [3.63, 3.8) is 0 Å². The molecule has 307 valence electrons. The van der Waals surface area contributed by atoms with Crippen LogP contribution in [0, 0.1) is 24.3 Å². The van der Waals surface area contributed by atoms with Gasteiger partial charge in [0, 0.05) is 38.8 Å². The van der Waals surface area contributed by atoms with Crippen LogP contribution < -0.4 is 0 Å². The Kier molecular flexibility index (Phi) is 17.4. The Morgan fingerprint density at radius 3 is 0.820 bits per heavy atom. The zero-order valence-electron chi connectivity index (χ0n) is 31.8. The predicted molar refractivity (Wildman–Crippen MR) is 228 cm³/mol. The predicted octanol–water partition coefficient (Wildman–Crippen LogP) is 9.39. The summed E-state index contributed by atoms with van der Waals surface area (Å²) in [5.41, 5.74) is 9.06. The maximum absolute atomic E-state index is 10.2. The van der Waals surface area contributed by atoms with Crippen LogP contribution in [-0.2, 0) is 16.8 Å². The minimum Gasteiger partial charge on any atom is -0.479 e. The Balaban J connectivity index is 0.000000185. The summed E-state index contributed by atoms with van der Waals surface area (Å²) in [6, 6.07) is 51.9. The van der Waals surface area contributed by atoms with Crippen molar-refractivity contribution in [2.75, 3.05) is 0 Å². The smallest absolute Gasteiger partial charge is 0.311 e. The SMILES string of the molecule is C1=Cc2cc3ccc(cc4ccc(cc5nc(cc1n2)C=C5)[nH]4)[nH]3.O=C(O)c1cc[c-]cc1.O=C(O)c1cc[c-]cc1.O=C(O)c1cc[c-]cc1.O=C(O)c1cc[c-]cc1.[Co]. The maximum atomic E-state index is 10.2. The number of rotatable bonds is 4. The number of carbonyl (C=O) groups is 4. The average Bonchev–Trinajstić information content (AvgIpc) is 4.11. The average molecular weight is 854 g/mol. The monoisotopic (exact) mass is 853 g/mol. The number of carboxylic acid groups (broad SMARTS) is 4. The molecule has 2 aliphatic heterocycles. The molecule has 8 bridgehead atoms. The molecule has 1 radical (unpaired) electrons. The van der Waals surface area contributed by atoms with Gasteiger partial charge >= 0.3 is 23.9 Å². The molecule has 7 aromatic rings. The number of carboxylic acids is 4. The molecular formula is C48H34CoN4O8-4. The molecule has 12 nitrogen and oxygen atoms in total. The number of nitrogens with one attached hydrogen (secondary N) is 2. The fourth-order valence-corrected chi connectivity index (χ4v) is 5.06. The quantitative estimate of drug-likeness (QED) is 0.0925. The molecule has 0 amide bonds. The summed E-state index contributed by atoms with van der Waals surface area (Å²) in [5, 5.41) is 33.5. The summed E-state index contributed by atoms with van der Waals surface area (Å²) in [4.78, 5) is 56.8. The van der Waals surface area contributed by atoms with Gasteiger partial charge in [-0.05, 0) is 95.1 Å². The van der Waals surface area contributed by atoms with E-state index in [1.165, 1.54) is 48.5 Å². The summed E-state index contributed by atoms with van der Waals surface area (Å²) < 4.78 is 0. The van der Waals surface area contributed by atoms with Crippen LogP contribution in [0.15, 0.2) is 146 Å². The van der Waals surface area contributed by atoms with E-state index in [9.17, 15) is 19.2 Å². The first kappa shape index (κ1) is 45.6. The molecule has 0 unspecified atom stereocenters. The van der Waals surface area contributed by atoms with Crippen LogP contribution in [0.1, 0.15) is 64.2 Å². The molecule has 6 N–H and O–H groups in total. The topological polar surface area (TPSA) is 207 Å². The first-order valence-corrected chi connectivity index (χ1v) is 17.8. The van der Waals surface area contributed by atoms with E-state index in [0.717, 1.165) is 44.8 Å². The van der Waals surface area contributed by atoms with E-state index >= 15 is 0 Å². The van der Waals surface area contributed by atoms with Gasteiger partial charge in [-0.1, -0.05) is 0 Å². The molecule has 0 aliphatic carbocycles. The van der Waals surface area contributed by atoms with Crippen molar-refractivity contribution in [3.05, 3.63) is 215 Å². The molecule has 0 spiro atoms. The first-order valence-electron chi connectivity index (χ1n) is 17.8. The van der Waals surface area contributed by atoms with E-state index in [1.807, 2.05) is 42.5 Å². The Morgan fingerprint density at radius 1 is 0.361 bits per heavy atom.